The van der Waals surface area contributed by atoms with E-state index in [9.17, 15) is 14.4 Å². The van der Waals surface area contributed by atoms with Gasteiger partial charge < -0.3 is 10.0 Å². The maximum atomic E-state index is 12.8. The number of ketones is 1. The summed E-state index contributed by atoms with van der Waals surface area (Å²) in [7, 11) is 0. The molecule has 1 fully saturated rings. The van der Waals surface area contributed by atoms with Crippen LogP contribution in [0.3, 0.4) is 0 Å². The minimum absolute atomic E-state index is 0.164. The van der Waals surface area contributed by atoms with Gasteiger partial charge in [0, 0.05) is 23.5 Å². The summed E-state index contributed by atoms with van der Waals surface area (Å²) >= 11 is 1.44. The summed E-state index contributed by atoms with van der Waals surface area (Å²) in [5, 5.41) is 9.11. The molecule has 0 saturated carbocycles. The summed E-state index contributed by atoms with van der Waals surface area (Å²) in [5.41, 5.74) is 0.709. The van der Waals surface area contributed by atoms with Crippen LogP contribution in [-0.2, 0) is 11.2 Å². The standard InChI is InChI=1S/C19H19NO4S/c1-2-13-7-8-16(25-13)17(21)14-5-3-4-6-15(14)18(22)20-10-9-12(11-20)19(23)24/h3-8,12H,2,9-11H2,1H3,(H,23,24)/t12-/m1/s1. The third kappa shape index (κ3) is 3.49. The Morgan fingerprint density at radius 3 is 2.48 bits per heavy atom. The molecule has 1 atom stereocenters. The average molecular weight is 357 g/mol. The topological polar surface area (TPSA) is 74.7 Å². The number of thiophene rings is 1. The van der Waals surface area contributed by atoms with Crippen molar-refractivity contribution in [1.29, 1.82) is 0 Å². The fourth-order valence-corrected chi connectivity index (χ4v) is 3.91. The molecule has 2 aromatic rings. The second-order valence-electron chi connectivity index (χ2n) is 6.07. The lowest BCUT2D eigenvalue weighted by Crippen LogP contribution is -2.31. The number of carbonyl (C=O) groups excluding carboxylic acids is 2. The Balaban J connectivity index is 1.87. The molecule has 1 saturated heterocycles. The van der Waals surface area contributed by atoms with Crippen molar-refractivity contribution in [3.63, 3.8) is 0 Å². The second-order valence-corrected chi connectivity index (χ2v) is 7.24. The normalized spacial score (nSPS) is 16.8. The number of benzene rings is 1. The first-order chi connectivity index (χ1) is 12.0. The number of aryl methyl sites for hydroxylation is 1. The van der Waals surface area contributed by atoms with Crippen molar-refractivity contribution in [3.05, 3.63) is 57.3 Å². The molecule has 0 spiro atoms. The van der Waals surface area contributed by atoms with Crippen molar-refractivity contribution in [3.8, 4) is 0 Å². The van der Waals surface area contributed by atoms with E-state index < -0.39 is 11.9 Å². The molecule has 6 heteroatoms. The van der Waals surface area contributed by atoms with Gasteiger partial charge in [0.15, 0.2) is 0 Å². The van der Waals surface area contributed by atoms with Gasteiger partial charge >= 0.3 is 5.97 Å². The van der Waals surface area contributed by atoms with Gasteiger partial charge in [-0.1, -0.05) is 25.1 Å². The van der Waals surface area contributed by atoms with Crippen LogP contribution >= 0.6 is 11.3 Å². The van der Waals surface area contributed by atoms with E-state index in [1.807, 2.05) is 13.0 Å². The van der Waals surface area contributed by atoms with Gasteiger partial charge in [-0.05, 0) is 31.0 Å². The highest BCUT2D eigenvalue weighted by Crippen LogP contribution is 2.25. The number of carboxylic acids is 1. The lowest BCUT2D eigenvalue weighted by molar-refractivity contribution is -0.141. The van der Waals surface area contributed by atoms with Gasteiger partial charge in [-0.3, -0.25) is 14.4 Å². The zero-order chi connectivity index (χ0) is 18.0. The largest absolute Gasteiger partial charge is 0.481 e. The van der Waals surface area contributed by atoms with Crippen LogP contribution in [0.15, 0.2) is 36.4 Å². The quantitative estimate of drug-likeness (QED) is 0.835. The Hall–Kier alpha value is -2.47. The van der Waals surface area contributed by atoms with Crippen LogP contribution < -0.4 is 0 Å². The van der Waals surface area contributed by atoms with Crippen LogP contribution in [0.1, 0.15) is 43.8 Å². The zero-order valence-electron chi connectivity index (χ0n) is 13.9. The SMILES string of the molecule is CCc1ccc(C(=O)c2ccccc2C(=O)N2CC[C@@H](C(=O)O)C2)s1. The lowest BCUT2D eigenvalue weighted by Gasteiger charge is -2.17. The molecule has 3 rings (SSSR count). The number of hydrogen-bond donors (Lipinski definition) is 1. The fourth-order valence-electron chi connectivity index (χ4n) is 3.01. The van der Waals surface area contributed by atoms with E-state index in [0.29, 0.717) is 29.0 Å². The number of carboxylic acid groups (broad SMARTS) is 1. The van der Waals surface area contributed by atoms with Gasteiger partial charge in [0.25, 0.3) is 5.91 Å². The van der Waals surface area contributed by atoms with E-state index in [4.69, 9.17) is 5.11 Å². The van der Waals surface area contributed by atoms with Crippen LogP contribution in [-0.4, -0.2) is 40.8 Å². The molecule has 130 valence electrons. The fraction of sp³-hybridized carbons (Fsp3) is 0.316. The van der Waals surface area contributed by atoms with Crippen molar-refractivity contribution in [2.24, 2.45) is 5.92 Å². The van der Waals surface area contributed by atoms with E-state index in [-0.39, 0.29) is 18.2 Å². The Bertz CT molecular complexity index is 826. The maximum absolute atomic E-state index is 12.8. The summed E-state index contributed by atoms with van der Waals surface area (Å²) < 4.78 is 0. The van der Waals surface area contributed by atoms with Gasteiger partial charge in [-0.2, -0.15) is 0 Å². The minimum atomic E-state index is -0.884. The summed E-state index contributed by atoms with van der Waals surface area (Å²) in [4.78, 5) is 40.0. The molecule has 25 heavy (non-hydrogen) atoms. The first-order valence-corrected chi connectivity index (χ1v) is 9.07. The number of aliphatic carboxylic acids is 1. The molecular formula is C19H19NO4S. The van der Waals surface area contributed by atoms with Crippen molar-refractivity contribution in [2.75, 3.05) is 13.1 Å². The lowest BCUT2D eigenvalue weighted by atomic mass is 10.0. The van der Waals surface area contributed by atoms with Gasteiger partial charge in [0.1, 0.15) is 0 Å². The maximum Gasteiger partial charge on any atom is 0.308 e. The highest BCUT2D eigenvalue weighted by molar-refractivity contribution is 7.14. The van der Waals surface area contributed by atoms with Crippen molar-refractivity contribution in [1.82, 2.24) is 4.90 Å². The summed E-state index contributed by atoms with van der Waals surface area (Å²) in [6.45, 7) is 2.62. The zero-order valence-corrected chi connectivity index (χ0v) is 14.7. The highest BCUT2D eigenvalue weighted by Gasteiger charge is 2.32. The third-order valence-electron chi connectivity index (χ3n) is 4.46. The molecule has 0 aliphatic carbocycles. The highest BCUT2D eigenvalue weighted by atomic mass is 32.1. The molecule has 0 radical (unpaired) electrons. The van der Waals surface area contributed by atoms with Crippen LogP contribution in [0.4, 0.5) is 0 Å². The molecule has 1 aromatic carbocycles. The van der Waals surface area contributed by atoms with Gasteiger partial charge in [0.05, 0.1) is 16.4 Å². The van der Waals surface area contributed by atoms with E-state index in [1.165, 1.54) is 16.2 Å². The third-order valence-corrected chi connectivity index (χ3v) is 5.69. The minimum Gasteiger partial charge on any atom is -0.481 e. The summed E-state index contributed by atoms with van der Waals surface area (Å²) in [5.74, 6) is -1.86. The molecule has 0 bridgehead atoms. The van der Waals surface area contributed by atoms with E-state index in [1.54, 1.807) is 30.3 Å². The average Bonchev–Trinajstić information content (AvgIpc) is 3.30. The Morgan fingerprint density at radius 1 is 1.16 bits per heavy atom. The molecule has 2 heterocycles. The van der Waals surface area contributed by atoms with E-state index >= 15 is 0 Å². The van der Waals surface area contributed by atoms with Crippen molar-refractivity contribution < 1.29 is 19.5 Å². The van der Waals surface area contributed by atoms with Crippen molar-refractivity contribution >= 4 is 29.0 Å². The second kappa shape index (κ2) is 7.19. The number of amides is 1. The Morgan fingerprint density at radius 2 is 1.88 bits per heavy atom. The molecule has 1 N–H and O–H groups in total. The van der Waals surface area contributed by atoms with Gasteiger partial charge in [-0.25, -0.2) is 0 Å². The van der Waals surface area contributed by atoms with Crippen LogP contribution in [0.25, 0.3) is 0 Å². The molecule has 1 aliphatic rings. The number of nitrogens with zero attached hydrogens (tertiary/aromatic N) is 1. The van der Waals surface area contributed by atoms with E-state index in [2.05, 4.69) is 0 Å². The van der Waals surface area contributed by atoms with Gasteiger partial charge in [0.2, 0.25) is 5.78 Å². The Kier molecular flexibility index (Phi) is 4.99. The first-order valence-electron chi connectivity index (χ1n) is 8.25. The smallest absolute Gasteiger partial charge is 0.308 e. The molecule has 1 aliphatic heterocycles. The van der Waals surface area contributed by atoms with Gasteiger partial charge in [-0.15, -0.1) is 11.3 Å². The van der Waals surface area contributed by atoms with Crippen LogP contribution in [0, 0.1) is 5.92 Å². The monoisotopic (exact) mass is 357 g/mol. The molecular weight excluding hydrogens is 338 g/mol. The van der Waals surface area contributed by atoms with Crippen LogP contribution in [0.2, 0.25) is 0 Å². The molecule has 1 aromatic heterocycles. The molecule has 1 amide bonds. The van der Waals surface area contributed by atoms with Crippen LogP contribution in [0.5, 0.6) is 0 Å². The predicted molar refractivity (Wildman–Crippen MR) is 95.2 cm³/mol. The summed E-state index contributed by atoms with van der Waals surface area (Å²) in [6.07, 6.45) is 1.31. The number of hydrogen-bond acceptors (Lipinski definition) is 4. The number of carbonyl (C=O) groups is 3. The summed E-state index contributed by atoms with van der Waals surface area (Å²) in [6, 6.07) is 10.5. The number of likely N-dealkylation sites (tertiary alicyclic amines) is 1. The Labute approximate surface area is 149 Å². The molecule has 5 nitrogen and oxygen atoms in total. The van der Waals surface area contributed by atoms with E-state index in [0.717, 1.165) is 11.3 Å². The molecule has 0 unspecified atom stereocenters. The number of rotatable bonds is 5. The predicted octanol–water partition coefficient (Wildman–Crippen LogP) is 3.09. The first kappa shape index (κ1) is 17.4. The van der Waals surface area contributed by atoms with Crippen molar-refractivity contribution in [2.45, 2.75) is 19.8 Å².